The van der Waals surface area contributed by atoms with E-state index in [1.807, 2.05) is 10.9 Å². The monoisotopic (exact) mass is 481 g/mol. The van der Waals surface area contributed by atoms with Gasteiger partial charge in [-0.05, 0) is 50.8 Å². The average molecular weight is 482 g/mol. The average Bonchev–Trinajstić information content (AvgIpc) is 3.56. The molecule has 2 atom stereocenters. The van der Waals surface area contributed by atoms with Crippen LogP contribution in [0, 0.1) is 18.6 Å². The molecule has 1 aliphatic heterocycles. The van der Waals surface area contributed by atoms with E-state index in [2.05, 4.69) is 16.3 Å². The first kappa shape index (κ1) is 21.6. The molecule has 2 fully saturated rings. The molecule has 0 bridgehead atoms. The lowest BCUT2D eigenvalue weighted by Gasteiger charge is -2.28. The Labute approximate surface area is 200 Å². The molecule has 4 heterocycles. The number of hydrogen-bond donors (Lipinski definition) is 0. The van der Waals surface area contributed by atoms with Gasteiger partial charge in [-0.15, -0.1) is 0 Å². The lowest BCUT2D eigenvalue weighted by molar-refractivity contribution is 0.00396. The van der Waals surface area contributed by atoms with Crippen LogP contribution in [0.1, 0.15) is 60.8 Å². The summed E-state index contributed by atoms with van der Waals surface area (Å²) in [5.41, 5.74) is 2.66. The number of nitrogens with zero attached hydrogens (tertiary/aromatic N) is 5. The number of rotatable bonds is 4. The highest BCUT2D eigenvalue weighted by Crippen LogP contribution is 2.40. The van der Waals surface area contributed by atoms with E-state index in [4.69, 9.17) is 26.3 Å². The van der Waals surface area contributed by atoms with Gasteiger partial charge in [0.25, 0.3) is 0 Å². The van der Waals surface area contributed by atoms with Crippen molar-refractivity contribution in [1.29, 1.82) is 0 Å². The molecule has 4 aromatic rings. The molecule has 6 nitrogen and oxygen atoms in total. The minimum Gasteiger partial charge on any atom is -0.373 e. The third-order valence-electron chi connectivity index (χ3n) is 6.58. The summed E-state index contributed by atoms with van der Waals surface area (Å²) in [5, 5.41) is 5.45. The Morgan fingerprint density at radius 3 is 2.74 bits per heavy atom. The van der Waals surface area contributed by atoms with Crippen LogP contribution >= 0.6 is 11.6 Å². The lowest BCUT2D eigenvalue weighted by atomic mass is 9.92. The molecule has 3 aromatic heterocycles. The Hall–Kier alpha value is -2.97. The molecule has 9 heteroatoms. The van der Waals surface area contributed by atoms with Gasteiger partial charge < -0.3 is 4.74 Å². The smallest absolute Gasteiger partial charge is 0.163 e. The van der Waals surface area contributed by atoms with E-state index in [0.717, 1.165) is 18.1 Å². The standard InChI is InChI=1S/C25H22ClF2N5O/c1-13-20(26)10-19-23(18-5-2-16(27)9-21(18)28)31-24(32-25(19)30-13)14-6-7-34-22(8-14)15-11-29-33(12-15)17-3-4-17/h2,5,9-12,14,17,22H,3-4,6-8H2,1H3. The van der Waals surface area contributed by atoms with E-state index in [0.29, 0.717) is 52.3 Å². The van der Waals surface area contributed by atoms with Crippen molar-refractivity contribution in [1.82, 2.24) is 24.7 Å². The van der Waals surface area contributed by atoms with Crippen molar-refractivity contribution in [3.05, 3.63) is 70.4 Å². The van der Waals surface area contributed by atoms with Crippen LogP contribution in [-0.4, -0.2) is 31.3 Å². The van der Waals surface area contributed by atoms with Gasteiger partial charge in [0.1, 0.15) is 17.5 Å². The van der Waals surface area contributed by atoms with Crippen molar-refractivity contribution in [2.75, 3.05) is 6.61 Å². The molecule has 1 saturated carbocycles. The topological polar surface area (TPSA) is 65.7 Å². The number of halogens is 3. The van der Waals surface area contributed by atoms with Gasteiger partial charge in [-0.25, -0.2) is 23.7 Å². The summed E-state index contributed by atoms with van der Waals surface area (Å²) in [5.74, 6) is -0.776. The summed E-state index contributed by atoms with van der Waals surface area (Å²) in [4.78, 5) is 14.1. The molecule has 34 heavy (non-hydrogen) atoms. The number of hydrogen-bond acceptors (Lipinski definition) is 5. The Kier molecular flexibility index (Phi) is 5.30. The van der Waals surface area contributed by atoms with E-state index in [9.17, 15) is 8.78 Å². The van der Waals surface area contributed by atoms with E-state index < -0.39 is 11.6 Å². The third kappa shape index (κ3) is 3.95. The lowest BCUT2D eigenvalue weighted by Crippen LogP contribution is -2.20. The Morgan fingerprint density at radius 1 is 1.09 bits per heavy atom. The number of pyridine rings is 1. The van der Waals surface area contributed by atoms with Crippen molar-refractivity contribution >= 4 is 22.6 Å². The number of aromatic nitrogens is 5. The summed E-state index contributed by atoms with van der Waals surface area (Å²) >= 11 is 6.32. The summed E-state index contributed by atoms with van der Waals surface area (Å²) in [6.45, 7) is 2.35. The second-order valence-electron chi connectivity index (χ2n) is 9.05. The summed E-state index contributed by atoms with van der Waals surface area (Å²) in [6, 6.07) is 5.67. The second-order valence-corrected chi connectivity index (χ2v) is 9.45. The highest BCUT2D eigenvalue weighted by atomic mass is 35.5. The first-order valence-electron chi connectivity index (χ1n) is 11.4. The molecule has 6 rings (SSSR count). The zero-order chi connectivity index (χ0) is 23.4. The van der Waals surface area contributed by atoms with Crippen molar-refractivity contribution in [2.24, 2.45) is 0 Å². The van der Waals surface area contributed by atoms with Gasteiger partial charge >= 0.3 is 0 Å². The van der Waals surface area contributed by atoms with Crippen LogP contribution < -0.4 is 0 Å². The van der Waals surface area contributed by atoms with E-state index in [1.54, 1.807) is 13.0 Å². The van der Waals surface area contributed by atoms with Gasteiger partial charge in [0, 0.05) is 41.3 Å². The zero-order valence-corrected chi connectivity index (χ0v) is 19.3. The van der Waals surface area contributed by atoms with Crippen LogP contribution in [0.5, 0.6) is 0 Å². The fourth-order valence-corrected chi connectivity index (χ4v) is 4.68. The van der Waals surface area contributed by atoms with Crippen LogP contribution in [0.3, 0.4) is 0 Å². The number of aryl methyl sites for hydroxylation is 1. The molecule has 174 valence electrons. The molecule has 1 aromatic carbocycles. The van der Waals surface area contributed by atoms with Crippen LogP contribution in [0.4, 0.5) is 8.78 Å². The van der Waals surface area contributed by atoms with Crippen LogP contribution in [0.2, 0.25) is 5.02 Å². The van der Waals surface area contributed by atoms with Crippen LogP contribution in [-0.2, 0) is 4.74 Å². The maximum absolute atomic E-state index is 14.8. The number of benzene rings is 1. The molecule has 0 amide bonds. The summed E-state index contributed by atoms with van der Waals surface area (Å²) in [7, 11) is 0. The second kappa shape index (κ2) is 8.36. The minimum absolute atomic E-state index is 0.00697. The molecular weight excluding hydrogens is 460 g/mol. The Morgan fingerprint density at radius 2 is 1.94 bits per heavy atom. The maximum atomic E-state index is 14.8. The van der Waals surface area contributed by atoms with Crippen molar-refractivity contribution < 1.29 is 13.5 Å². The first-order valence-corrected chi connectivity index (χ1v) is 11.8. The van der Waals surface area contributed by atoms with Crippen LogP contribution in [0.15, 0.2) is 36.7 Å². The van der Waals surface area contributed by atoms with Gasteiger partial charge in [-0.1, -0.05) is 11.6 Å². The third-order valence-corrected chi connectivity index (χ3v) is 6.97. The molecule has 1 aliphatic carbocycles. The van der Waals surface area contributed by atoms with Gasteiger partial charge in [0.2, 0.25) is 0 Å². The molecule has 0 N–H and O–H groups in total. The molecule has 1 saturated heterocycles. The quantitative estimate of drug-likeness (QED) is 0.352. The number of fused-ring (bicyclic) bond motifs is 1. The molecule has 2 unspecified atom stereocenters. The zero-order valence-electron chi connectivity index (χ0n) is 18.5. The normalized spacial score (nSPS) is 20.7. The van der Waals surface area contributed by atoms with Crippen molar-refractivity contribution in [3.8, 4) is 11.3 Å². The van der Waals surface area contributed by atoms with E-state index >= 15 is 0 Å². The maximum Gasteiger partial charge on any atom is 0.163 e. The van der Waals surface area contributed by atoms with Gasteiger partial charge in [0.15, 0.2) is 5.65 Å². The van der Waals surface area contributed by atoms with Gasteiger partial charge in [0.05, 0.1) is 34.8 Å². The molecule has 2 aliphatic rings. The minimum atomic E-state index is -0.694. The molecular formula is C25H22ClF2N5O. The fourth-order valence-electron chi connectivity index (χ4n) is 4.53. The predicted molar refractivity (Wildman–Crippen MR) is 124 cm³/mol. The molecule has 0 spiro atoms. The highest BCUT2D eigenvalue weighted by molar-refractivity contribution is 6.32. The van der Waals surface area contributed by atoms with Gasteiger partial charge in [-0.2, -0.15) is 5.10 Å². The highest BCUT2D eigenvalue weighted by Gasteiger charge is 2.31. The van der Waals surface area contributed by atoms with E-state index in [-0.39, 0.29) is 17.6 Å². The largest absolute Gasteiger partial charge is 0.373 e. The SMILES string of the molecule is Cc1nc2nc(C3CCOC(c4cnn(C5CC5)c4)C3)nc(-c3ccc(F)cc3F)c2cc1Cl. The van der Waals surface area contributed by atoms with Crippen molar-refractivity contribution in [2.45, 2.75) is 50.7 Å². The first-order chi connectivity index (χ1) is 16.5. The summed E-state index contributed by atoms with van der Waals surface area (Å²) < 4.78 is 36.5. The van der Waals surface area contributed by atoms with E-state index in [1.165, 1.54) is 25.0 Å². The molecule has 0 radical (unpaired) electrons. The van der Waals surface area contributed by atoms with Gasteiger partial charge in [-0.3, -0.25) is 4.68 Å². The number of ether oxygens (including phenoxy) is 1. The van der Waals surface area contributed by atoms with Crippen molar-refractivity contribution in [3.63, 3.8) is 0 Å². The Balaban J connectivity index is 1.41. The predicted octanol–water partition coefficient (Wildman–Crippen LogP) is 6.10. The Bertz CT molecular complexity index is 1400. The van der Waals surface area contributed by atoms with Crippen LogP contribution in [0.25, 0.3) is 22.3 Å². The fraction of sp³-hybridized carbons (Fsp3) is 0.360. The summed E-state index contributed by atoms with van der Waals surface area (Å²) in [6.07, 6.45) is 7.57.